The van der Waals surface area contributed by atoms with E-state index in [1.54, 1.807) is 18.2 Å². The van der Waals surface area contributed by atoms with Crippen LogP contribution in [-0.2, 0) is 24.1 Å². The smallest absolute Gasteiger partial charge is 0.247 e. The van der Waals surface area contributed by atoms with Gasteiger partial charge in [0.2, 0.25) is 6.23 Å². The Hall–Kier alpha value is -4.56. The quantitative estimate of drug-likeness (QED) is 0.0732. The Morgan fingerprint density at radius 1 is 1.10 bits per heavy atom. The third-order valence-electron chi connectivity index (χ3n) is 10.1. The highest BCUT2D eigenvalue weighted by Crippen LogP contribution is 2.32. The van der Waals surface area contributed by atoms with E-state index >= 15 is 0 Å². The van der Waals surface area contributed by atoms with Gasteiger partial charge in [0.05, 0.1) is 12.3 Å². The van der Waals surface area contributed by atoms with E-state index < -0.39 is 18.4 Å². The summed E-state index contributed by atoms with van der Waals surface area (Å²) in [5, 5.41) is 35.8. The third kappa shape index (κ3) is 9.65. The van der Waals surface area contributed by atoms with Crippen LogP contribution in [-0.4, -0.2) is 52.7 Å². The Morgan fingerprint density at radius 3 is 2.77 bits per heavy atom. The lowest BCUT2D eigenvalue weighted by Crippen LogP contribution is -3.11. The first kappa shape index (κ1) is 37.2. The van der Waals surface area contributed by atoms with Gasteiger partial charge in [-0.05, 0) is 71.2 Å². The van der Waals surface area contributed by atoms with Crippen molar-refractivity contribution in [2.24, 2.45) is 10.7 Å². The summed E-state index contributed by atoms with van der Waals surface area (Å²) in [5.41, 5.74) is 14.4. The minimum Gasteiger partial charge on any atom is -0.504 e. The number of rotatable bonds is 16. The van der Waals surface area contributed by atoms with E-state index in [0.717, 1.165) is 76.2 Å². The summed E-state index contributed by atoms with van der Waals surface area (Å²) in [6, 6.07) is 21.4. The summed E-state index contributed by atoms with van der Waals surface area (Å²) in [6.07, 6.45) is 7.89. The second-order valence-electron chi connectivity index (χ2n) is 14.1. The standard InChI is InChI=1S/C43H50N4O5/c1-2-3-5-11-34(48)25-35(49)17-14-30-15-19-40(51)41(22-30)52-42-13-8-12-39(50)36-18-16-31(43(44)45-21-20-29-9-6-4-7-10-29)23-32(36)24-33-26-46-38-28-47(42)27-37(33)38/h4,6-7,9-10,15-16,18-19,22-23,26,28,34,39,42-43,45,48,50-51H,2-3,5,11,13-14,17,20-21,24-25,27,44H2,1H3/p+1/t34-,39+,42+,43-/m1/s1. The lowest BCUT2D eigenvalue weighted by Gasteiger charge is -2.23. The van der Waals surface area contributed by atoms with Crippen LogP contribution in [0.3, 0.4) is 0 Å². The van der Waals surface area contributed by atoms with Crippen LogP contribution in [0.15, 0.2) is 94.8 Å². The number of nitrogens with two attached hydrogens (primary N) is 1. The van der Waals surface area contributed by atoms with E-state index in [2.05, 4.69) is 48.5 Å². The van der Waals surface area contributed by atoms with Crippen molar-refractivity contribution < 1.29 is 29.8 Å². The number of aryl methyl sites for hydroxylation is 1. The van der Waals surface area contributed by atoms with Gasteiger partial charge in [-0.2, -0.15) is 0 Å². The van der Waals surface area contributed by atoms with E-state index in [4.69, 9.17) is 15.5 Å². The van der Waals surface area contributed by atoms with Crippen molar-refractivity contribution in [3.8, 4) is 23.3 Å². The number of benzene rings is 3. The van der Waals surface area contributed by atoms with Crippen LogP contribution in [0, 0.1) is 11.8 Å². The molecular formula is C43H51N4O5+. The first-order valence-corrected chi connectivity index (χ1v) is 18.6. The van der Waals surface area contributed by atoms with Crippen molar-refractivity contribution >= 4 is 12.0 Å². The number of allylic oxidation sites excluding steroid dienone is 1. The minimum absolute atomic E-state index is 0.00222. The van der Waals surface area contributed by atoms with Crippen LogP contribution in [0.4, 0.5) is 0 Å². The third-order valence-corrected chi connectivity index (χ3v) is 10.1. The number of phenolic OH excluding ortho intramolecular Hbond substituents is 1. The van der Waals surface area contributed by atoms with Gasteiger partial charge < -0.3 is 25.8 Å². The maximum atomic E-state index is 12.6. The zero-order valence-electron chi connectivity index (χ0n) is 30.0. The molecule has 0 fully saturated rings. The number of aliphatic hydroxyl groups is 2. The van der Waals surface area contributed by atoms with Crippen molar-refractivity contribution in [2.45, 2.75) is 95.7 Å². The fourth-order valence-electron chi connectivity index (χ4n) is 7.08. The van der Waals surface area contributed by atoms with Crippen molar-refractivity contribution in [1.29, 1.82) is 0 Å². The number of carbonyl (C=O) groups excluding carboxylic acids is 1. The number of nitrogens with zero attached hydrogens (tertiary/aromatic N) is 1. The second-order valence-corrected chi connectivity index (χ2v) is 14.1. The predicted molar refractivity (Wildman–Crippen MR) is 203 cm³/mol. The Kier molecular flexibility index (Phi) is 12.7. The molecule has 3 aromatic carbocycles. The molecule has 2 bridgehead atoms. The molecule has 0 amide bonds. The largest absolute Gasteiger partial charge is 0.504 e. The van der Waals surface area contributed by atoms with Crippen molar-refractivity contribution in [3.05, 3.63) is 118 Å². The predicted octanol–water partition coefficient (Wildman–Crippen LogP) is 4.52. The summed E-state index contributed by atoms with van der Waals surface area (Å²) >= 11 is 0. The molecule has 6 rings (SSSR count). The van der Waals surface area contributed by atoms with E-state index in [1.807, 2.05) is 36.5 Å². The summed E-state index contributed by atoms with van der Waals surface area (Å²) in [5.74, 6) is 6.55. The molecule has 0 aliphatic carbocycles. The van der Waals surface area contributed by atoms with Gasteiger partial charge in [-0.3, -0.25) is 20.0 Å². The monoisotopic (exact) mass is 703 g/mol. The number of phenols is 1. The molecule has 7 N–H and O–H groups in total. The topological polar surface area (TPSA) is 142 Å². The van der Waals surface area contributed by atoms with Crippen LogP contribution >= 0.6 is 0 Å². The number of quaternary nitrogens is 1. The first-order valence-electron chi connectivity index (χ1n) is 18.6. The number of Topliss-reactive ketones (excluding diaryl/α,β-unsaturated/α-hetero) is 1. The lowest BCUT2D eigenvalue weighted by molar-refractivity contribution is -0.885. The Morgan fingerprint density at radius 2 is 1.94 bits per heavy atom. The number of nitrogens with one attached hydrogen (secondary N) is 2. The van der Waals surface area contributed by atoms with Gasteiger partial charge in [0, 0.05) is 31.2 Å². The van der Waals surface area contributed by atoms with Gasteiger partial charge in [-0.1, -0.05) is 92.6 Å². The van der Waals surface area contributed by atoms with Gasteiger partial charge in [0.15, 0.2) is 11.5 Å². The SMILES string of the molecule is CCCCC[C@@H](O)CC(=O)CCc1ccc(O)c(O[C@H]2CC#C[C@H](O)c3ccc([C@H](N)NCCc4ccccc4)cc3CC3=C4C[NH+]2C=C4N=C3)c1. The summed E-state index contributed by atoms with van der Waals surface area (Å²) in [7, 11) is 0. The van der Waals surface area contributed by atoms with Crippen LogP contribution in [0.25, 0.3) is 0 Å². The number of carbonyl (C=O) groups is 1. The summed E-state index contributed by atoms with van der Waals surface area (Å²) in [4.78, 5) is 18.3. The number of ether oxygens (including phenoxy) is 1. The highest BCUT2D eigenvalue weighted by atomic mass is 16.5. The molecule has 3 heterocycles. The van der Waals surface area contributed by atoms with Crippen molar-refractivity contribution in [1.82, 2.24) is 5.32 Å². The molecule has 0 saturated heterocycles. The lowest BCUT2D eigenvalue weighted by atomic mass is 9.92. The molecule has 0 saturated carbocycles. The molecule has 9 heteroatoms. The highest BCUT2D eigenvalue weighted by molar-refractivity contribution is 5.87. The minimum atomic E-state index is -1.01. The molecule has 3 aromatic rings. The number of fused-ring (bicyclic) bond motifs is 2. The van der Waals surface area contributed by atoms with Crippen LogP contribution in [0.2, 0.25) is 0 Å². The maximum absolute atomic E-state index is 12.6. The van der Waals surface area contributed by atoms with Gasteiger partial charge in [-0.15, -0.1) is 0 Å². The molecule has 5 atom stereocenters. The van der Waals surface area contributed by atoms with Crippen LogP contribution < -0.4 is 20.7 Å². The highest BCUT2D eigenvalue weighted by Gasteiger charge is 2.35. The molecule has 0 aromatic heterocycles. The number of aliphatic imine (C=N–C) groups is 1. The number of hydrogen-bond acceptors (Lipinski definition) is 8. The second kappa shape index (κ2) is 17.8. The van der Waals surface area contributed by atoms with Crippen LogP contribution in [0.5, 0.6) is 11.5 Å². The number of hydrogen-bond donors (Lipinski definition) is 6. The van der Waals surface area contributed by atoms with Crippen LogP contribution in [0.1, 0.15) is 92.0 Å². The number of aromatic hydroxyl groups is 1. The number of aliphatic hydroxyl groups excluding tert-OH is 2. The summed E-state index contributed by atoms with van der Waals surface area (Å²) in [6.45, 7) is 3.49. The normalized spacial score (nSPS) is 20.2. The van der Waals surface area contributed by atoms with E-state index in [-0.39, 0.29) is 24.1 Å². The zero-order chi connectivity index (χ0) is 36.5. The number of ketones is 1. The van der Waals surface area contributed by atoms with Gasteiger partial charge in [-0.25, -0.2) is 0 Å². The molecule has 52 heavy (non-hydrogen) atoms. The van der Waals surface area contributed by atoms with Crippen molar-refractivity contribution in [2.75, 3.05) is 13.1 Å². The molecule has 0 spiro atoms. The molecule has 0 radical (unpaired) electrons. The van der Waals surface area contributed by atoms with E-state index in [9.17, 15) is 20.1 Å². The molecule has 272 valence electrons. The molecule has 9 nitrogen and oxygen atoms in total. The van der Waals surface area contributed by atoms with Gasteiger partial charge in [0.1, 0.15) is 36.7 Å². The van der Waals surface area contributed by atoms with Gasteiger partial charge in [0.25, 0.3) is 0 Å². The maximum Gasteiger partial charge on any atom is 0.247 e. The zero-order valence-corrected chi connectivity index (χ0v) is 30.0. The average molecular weight is 704 g/mol. The van der Waals surface area contributed by atoms with Gasteiger partial charge >= 0.3 is 0 Å². The first-order chi connectivity index (χ1) is 25.3. The Balaban J connectivity index is 1.15. The van der Waals surface area contributed by atoms with E-state index in [0.29, 0.717) is 44.4 Å². The Labute approximate surface area is 306 Å². The molecular weight excluding hydrogens is 652 g/mol. The van der Waals surface area contributed by atoms with E-state index in [1.165, 1.54) is 5.56 Å². The Bertz CT molecular complexity index is 1870. The average Bonchev–Trinajstić information content (AvgIpc) is 3.73. The van der Waals surface area contributed by atoms with Crippen molar-refractivity contribution in [3.63, 3.8) is 0 Å². The molecule has 3 aliphatic heterocycles. The summed E-state index contributed by atoms with van der Waals surface area (Å²) < 4.78 is 6.47. The molecule has 1 unspecified atom stereocenters. The molecule has 3 aliphatic rings. The fourth-order valence-corrected chi connectivity index (χ4v) is 7.08. The number of unbranched alkanes of at least 4 members (excludes halogenated alkanes) is 2. The fraction of sp³-hybridized carbons (Fsp3) is 0.395.